The smallest absolute Gasteiger partial charge is 0.200 e. The van der Waals surface area contributed by atoms with Crippen LogP contribution in [0.2, 0.25) is 0 Å². The highest BCUT2D eigenvalue weighted by molar-refractivity contribution is 6.57. The van der Waals surface area contributed by atoms with E-state index in [2.05, 4.69) is 18.9 Å². The number of hydrogen-bond acceptors (Lipinski definition) is 2. The summed E-state index contributed by atoms with van der Waals surface area (Å²) in [6.45, 7) is 2.42. The van der Waals surface area contributed by atoms with Crippen LogP contribution in [-0.4, -0.2) is 27.2 Å². The van der Waals surface area contributed by atoms with Gasteiger partial charge in [0.1, 0.15) is 0 Å². The molecule has 2 radical (unpaired) electrons. The molecule has 0 aliphatic carbocycles. The van der Waals surface area contributed by atoms with Gasteiger partial charge in [-0.05, 0) is 14.0 Å². The minimum atomic E-state index is -0.461. The summed E-state index contributed by atoms with van der Waals surface area (Å²) in [5, 5.41) is 2.35. The zero-order chi connectivity index (χ0) is 6.99. The van der Waals surface area contributed by atoms with Crippen molar-refractivity contribution in [1.29, 1.82) is 0 Å². The lowest BCUT2D eigenvalue weighted by atomic mass is 10.1. The third-order valence-electron chi connectivity index (χ3n) is 0.351. The van der Waals surface area contributed by atoms with Crippen molar-refractivity contribution >= 4 is 13.7 Å². The molecule has 1 amide bonds. The van der Waals surface area contributed by atoms with Crippen molar-refractivity contribution in [1.82, 2.24) is 5.32 Å². The molecule has 0 fully saturated rings. The number of carbonyl (C=O) groups excluding carboxylic acids is 1. The highest BCUT2D eigenvalue weighted by atomic mass is 16.1. The van der Waals surface area contributed by atoms with E-state index in [1.54, 1.807) is 0 Å². The maximum Gasteiger partial charge on any atom is 0.200 e. The molecule has 0 saturated heterocycles. The number of carbonyl (C=O) groups is 1. The van der Waals surface area contributed by atoms with Crippen LogP contribution >= 0.6 is 0 Å². The first kappa shape index (κ1) is 10.5. The summed E-state index contributed by atoms with van der Waals surface area (Å²) in [5.74, 6) is -0.461. The van der Waals surface area contributed by atoms with Gasteiger partial charge >= 0.3 is 0 Å². The zero-order valence-electron chi connectivity index (χ0n) is 5.27. The molecule has 0 aromatic carbocycles. The second-order valence-electron chi connectivity index (χ2n) is 0.895. The first-order valence-corrected chi connectivity index (χ1v) is 2.38. The van der Waals surface area contributed by atoms with Gasteiger partial charge in [-0.1, -0.05) is 0 Å². The molecule has 0 spiro atoms. The monoisotopic (exact) mass is 114 g/mol. The van der Waals surface area contributed by atoms with E-state index >= 15 is 0 Å². The fourth-order valence-corrected chi connectivity index (χ4v) is 0.174. The van der Waals surface area contributed by atoms with Crippen LogP contribution in [0.5, 0.6) is 0 Å². The summed E-state index contributed by atoms with van der Waals surface area (Å²) < 4.78 is 0. The normalized spacial score (nSPS) is 6.38. The Labute approximate surface area is 51.0 Å². The molecule has 0 aromatic rings. The average Bonchev–Trinajstić information content (AvgIpc) is 1.72. The second-order valence-corrected chi connectivity index (χ2v) is 0.895. The highest BCUT2D eigenvalue weighted by Gasteiger charge is 1.78. The lowest BCUT2D eigenvalue weighted by Crippen LogP contribution is -2.20. The van der Waals surface area contributed by atoms with Gasteiger partial charge in [0, 0.05) is 6.54 Å². The van der Waals surface area contributed by atoms with Crippen LogP contribution in [0, 0.1) is 0 Å². The second kappa shape index (κ2) is 9.71. The maximum absolute atomic E-state index is 9.71. The lowest BCUT2D eigenvalue weighted by molar-refractivity contribution is 0.260. The average molecular weight is 114 g/mol. The predicted molar refractivity (Wildman–Crippen MR) is 34.9 cm³/mol. The quantitative estimate of drug-likeness (QED) is 0.449. The zero-order valence-corrected chi connectivity index (χ0v) is 5.27. The van der Waals surface area contributed by atoms with Crippen LogP contribution in [0.3, 0.4) is 0 Å². The Balaban J connectivity index is 0. The molecule has 4 heteroatoms. The minimum Gasteiger partial charge on any atom is -0.366 e. The van der Waals surface area contributed by atoms with E-state index in [4.69, 9.17) is 0 Å². The van der Waals surface area contributed by atoms with Gasteiger partial charge in [-0.15, -0.1) is 0 Å². The van der Waals surface area contributed by atoms with Crippen molar-refractivity contribution < 1.29 is 4.79 Å². The van der Waals surface area contributed by atoms with Crippen LogP contribution in [0.1, 0.15) is 6.92 Å². The number of amides is 1. The molecule has 0 rings (SSSR count). The third-order valence-corrected chi connectivity index (χ3v) is 0.351. The molecule has 8 heavy (non-hydrogen) atoms. The van der Waals surface area contributed by atoms with E-state index in [-0.39, 0.29) is 0 Å². The fourth-order valence-electron chi connectivity index (χ4n) is 0.174. The Morgan fingerprint density at radius 3 is 2.12 bits per heavy atom. The van der Waals surface area contributed by atoms with Crippen molar-refractivity contribution in [2.45, 2.75) is 6.92 Å². The van der Waals surface area contributed by atoms with Gasteiger partial charge in [0.2, 0.25) is 0 Å². The Morgan fingerprint density at radius 1 is 1.75 bits per heavy atom. The van der Waals surface area contributed by atoms with Crippen molar-refractivity contribution in [3.8, 4) is 0 Å². The molecule has 0 aromatic heterocycles. The highest BCUT2D eigenvalue weighted by Crippen LogP contribution is 1.53. The van der Waals surface area contributed by atoms with E-state index in [9.17, 15) is 4.79 Å². The summed E-state index contributed by atoms with van der Waals surface area (Å²) >= 11 is 0. The summed E-state index contributed by atoms with van der Waals surface area (Å²) in [6.07, 6.45) is 0. The predicted octanol–water partition coefficient (Wildman–Crippen LogP) is -0.541. The van der Waals surface area contributed by atoms with Crippen LogP contribution < -0.4 is 11.1 Å². The third kappa shape index (κ3) is 17.8. The first-order chi connectivity index (χ1) is 3.77. The molecule has 0 atom stereocenters. The molecular formula is C4H11BN2O. The molecule has 0 heterocycles. The number of nitrogens with one attached hydrogen (secondary N) is 1. The molecule has 3 nitrogen and oxygen atoms in total. The Hall–Kier alpha value is -0.505. The summed E-state index contributed by atoms with van der Waals surface area (Å²) in [5.41, 5.74) is 4.50. The van der Waals surface area contributed by atoms with E-state index < -0.39 is 5.81 Å². The van der Waals surface area contributed by atoms with E-state index in [1.807, 2.05) is 6.92 Å². The van der Waals surface area contributed by atoms with Gasteiger partial charge < -0.3 is 11.1 Å². The summed E-state index contributed by atoms with van der Waals surface area (Å²) in [6, 6.07) is 0. The minimum absolute atomic E-state index is 0.461. The number of nitrogens with two attached hydrogens (primary N) is 1. The molecule has 0 unspecified atom stereocenters. The topological polar surface area (TPSA) is 55.1 Å². The molecule has 0 aliphatic rings. The van der Waals surface area contributed by atoms with Crippen molar-refractivity contribution in [3.05, 3.63) is 0 Å². The van der Waals surface area contributed by atoms with Crippen molar-refractivity contribution in [2.24, 2.45) is 5.73 Å². The standard InChI is InChI=1S/C3H6BNO.CH5N/c1-2-5-3(4)6;1-2/h2H2,1H3,(H,5,6);2H2,1H3. The molecule has 0 aliphatic heterocycles. The van der Waals surface area contributed by atoms with Crippen LogP contribution in [0.4, 0.5) is 4.79 Å². The molecule has 0 saturated carbocycles. The number of rotatable bonds is 1. The van der Waals surface area contributed by atoms with Gasteiger partial charge in [0.15, 0.2) is 13.7 Å². The van der Waals surface area contributed by atoms with E-state index in [1.165, 1.54) is 7.05 Å². The SMILES string of the molecule is CN.[B]C(=O)NCC. The lowest BCUT2D eigenvalue weighted by Gasteiger charge is -1.89. The van der Waals surface area contributed by atoms with Crippen LogP contribution in [0.25, 0.3) is 0 Å². The van der Waals surface area contributed by atoms with Gasteiger partial charge in [0.05, 0.1) is 0 Å². The van der Waals surface area contributed by atoms with Gasteiger partial charge in [-0.2, -0.15) is 0 Å². The van der Waals surface area contributed by atoms with Gasteiger partial charge in [0.25, 0.3) is 0 Å². The Kier molecular flexibility index (Phi) is 12.7. The van der Waals surface area contributed by atoms with Crippen molar-refractivity contribution in [2.75, 3.05) is 13.6 Å². The molecular weight excluding hydrogens is 103 g/mol. The maximum atomic E-state index is 9.71. The van der Waals surface area contributed by atoms with Gasteiger partial charge in [-0.25, -0.2) is 0 Å². The van der Waals surface area contributed by atoms with Crippen LogP contribution in [0.15, 0.2) is 0 Å². The van der Waals surface area contributed by atoms with E-state index in [0.29, 0.717) is 6.54 Å². The first-order valence-electron chi connectivity index (χ1n) is 2.38. The van der Waals surface area contributed by atoms with Crippen molar-refractivity contribution in [3.63, 3.8) is 0 Å². The Morgan fingerprint density at radius 2 is 2.12 bits per heavy atom. The Bertz CT molecular complexity index is 58.0. The van der Waals surface area contributed by atoms with Crippen LogP contribution in [-0.2, 0) is 0 Å². The molecule has 3 N–H and O–H groups in total. The molecule has 46 valence electrons. The summed E-state index contributed by atoms with van der Waals surface area (Å²) in [4.78, 5) is 9.71. The summed E-state index contributed by atoms with van der Waals surface area (Å²) in [7, 11) is 6.15. The fraction of sp³-hybridized carbons (Fsp3) is 0.750. The van der Waals surface area contributed by atoms with E-state index in [0.717, 1.165) is 0 Å². The molecule has 0 bridgehead atoms. The number of hydrogen-bond donors (Lipinski definition) is 2. The largest absolute Gasteiger partial charge is 0.366 e. The van der Waals surface area contributed by atoms with Gasteiger partial charge in [-0.3, -0.25) is 4.79 Å².